The van der Waals surface area contributed by atoms with Crippen molar-refractivity contribution < 1.29 is 4.79 Å². The summed E-state index contributed by atoms with van der Waals surface area (Å²) in [7, 11) is 1.91. The summed E-state index contributed by atoms with van der Waals surface area (Å²) < 4.78 is 1.02. The number of benzene rings is 2. The van der Waals surface area contributed by atoms with Crippen molar-refractivity contribution in [2.75, 3.05) is 33.2 Å². The van der Waals surface area contributed by atoms with Crippen LogP contribution in [0.3, 0.4) is 0 Å². The molecular weight excluding hydrogens is 488 g/mol. The first kappa shape index (κ1) is 24.7. The van der Waals surface area contributed by atoms with Gasteiger partial charge in [-0.1, -0.05) is 59.6 Å². The van der Waals surface area contributed by atoms with E-state index in [9.17, 15) is 4.79 Å². The highest BCUT2D eigenvalue weighted by molar-refractivity contribution is 9.10. The Hall–Kier alpha value is -2.44. The molecule has 0 spiro atoms. The van der Waals surface area contributed by atoms with Gasteiger partial charge >= 0.3 is 0 Å². The van der Waals surface area contributed by atoms with Gasteiger partial charge in [0, 0.05) is 52.8 Å². The Labute approximate surface area is 211 Å². The highest BCUT2D eigenvalue weighted by atomic mass is 79.9. The Kier molecular flexibility index (Phi) is 7.89. The molecule has 2 heterocycles. The fraction of sp³-hybridized carbons (Fsp3) is 0.429. The second kappa shape index (κ2) is 10.9. The predicted octanol–water partition coefficient (Wildman–Crippen LogP) is 5.78. The second-order valence-electron chi connectivity index (χ2n) is 9.51. The molecule has 3 aromatic rings. The molecular formula is C28H35BrN4O. The van der Waals surface area contributed by atoms with E-state index in [0.717, 1.165) is 78.5 Å². The molecule has 1 aliphatic heterocycles. The minimum atomic E-state index is -0.140. The summed E-state index contributed by atoms with van der Waals surface area (Å²) in [4.78, 5) is 20.5. The summed E-state index contributed by atoms with van der Waals surface area (Å²) in [6.45, 7) is 5.66. The summed E-state index contributed by atoms with van der Waals surface area (Å²) >= 11 is 3.53. The van der Waals surface area contributed by atoms with Crippen molar-refractivity contribution in [1.82, 2.24) is 14.8 Å². The normalized spacial score (nSPS) is 16.0. The van der Waals surface area contributed by atoms with E-state index in [2.05, 4.69) is 69.1 Å². The van der Waals surface area contributed by atoms with Crippen LogP contribution in [-0.4, -0.2) is 59.6 Å². The zero-order valence-corrected chi connectivity index (χ0v) is 21.8. The summed E-state index contributed by atoms with van der Waals surface area (Å²) in [6.07, 6.45) is 6.16. The molecule has 1 saturated heterocycles. The number of amides is 1. The van der Waals surface area contributed by atoms with E-state index in [1.807, 2.05) is 30.3 Å². The quantitative estimate of drug-likeness (QED) is 0.349. The van der Waals surface area contributed by atoms with Crippen LogP contribution in [0, 0.1) is 5.41 Å². The number of nitrogens with zero attached hydrogens (tertiary/aromatic N) is 2. The molecule has 0 saturated carbocycles. The molecule has 0 radical (unpaired) electrons. The van der Waals surface area contributed by atoms with Gasteiger partial charge in [-0.15, -0.1) is 0 Å². The van der Waals surface area contributed by atoms with Crippen molar-refractivity contribution in [3.63, 3.8) is 0 Å². The van der Waals surface area contributed by atoms with Crippen LogP contribution in [0.25, 0.3) is 10.9 Å². The topological polar surface area (TPSA) is 63.2 Å². The van der Waals surface area contributed by atoms with Crippen LogP contribution in [0.4, 0.5) is 0 Å². The first-order valence-corrected chi connectivity index (χ1v) is 13.1. The van der Waals surface area contributed by atoms with Crippen LogP contribution >= 0.6 is 15.9 Å². The SMILES string of the molecule is CCCC(=N)C1(c2ccccc2)CCN(CCN(C)C(=O)Cc2c[nH]c3ccc(Br)cc23)CC1. The fourth-order valence-corrected chi connectivity index (χ4v) is 5.54. The van der Waals surface area contributed by atoms with Gasteiger partial charge in [-0.05, 0) is 61.7 Å². The Bertz CT molecular complexity index is 1130. The zero-order chi connectivity index (χ0) is 24.1. The number of likely N-dealkylation sites (tertiary alicyclic amines) is 1. The third-order valence-corrected chi connectivity index (χ3v) is 7.86. The number of rotatable bonds is 9. The average Bonchev–Trinajstić information content (AvgIpc) is 3.25. The average molecular weight is 524 g/mol. The third kappa shape index (κ3) is 5.28. The molecule has 2 aromatic carbocycles. The van der Waals surface area contributed by atoms with Crippen molar-refractivity contribution in [1.29, 1.82) is 5.41 Å². The summed E-state index contributed by atoms with van der Waals surface area (Å²) in [5, 5.41) is 9.94. The standard InChI is InChI=1S/C28H35BrN4O/c1-3-7-26(30)28(22-8-5-4-6-9-22)12-14-33(15-13-28)17-16-32(2)27(34)18-21-20-31-25-11-10-23(29)19-24(21)25/h4-6,8-11,19-20,30-31H,3,7,12-18H2,1-2H3. The molecule has 5 nitrogen and oxygen atoms in total. The van der Waals surface area contributed by atoms with Crippen LogP contribution in [0.2, 0.25) is 0 Å². The van der Waals surface area contributed by atoms with Gasteiger partial charge in [0.05, 0.1) is 6.42 Å². The molecule has 1 fully saturated rings. The number of nitrogens with one attached hydrogen (secondary N) is 2. The van der Waals surface area contributed by atoms with E-state index in [1.165, 1.54) is 5.56 Å². The predicted molar refractivity (Wildman–Crippen MR) is 144 cm³/mol. The highest BCUT2D eigenvalue weighted by Crippen LogP contribution is 2.38. The minimum absolute atomic E-state index is 0.140. The number of hydrogen-bond donors (Lipinski definition) is 2. The summed E-state index contributed by atoms with van der Waals surface area (Å²) in [6, 6.07) is 16.7. The number of aromatic amines is 1. The number of H-pyrrole nitrogens is 1. The van der Waals surface area contributed by atoms with E-state index in [1.54, 1.807) is 0 Å². The molecule has 0 atom stereocenters. The van der Waals surface area contributed by atoms with E-state index >= 15 is 0 Å². The van der Waals surface area contributed by atoms with E-state index < -0.39 is 0 Å². The van der Waals surface area contributed by atoms with Crippen molar-refractivity contribution in [3.8, 4) is 0 Å². The van der Waals surface area contributed by atoms with Gasteiger partial charge in [0.15, 0.2) is 0 Å². The van der Waals surface area contributed by atoms with Gasteiger partial charge in [-0.2, -0.15) is 0 Å². The van der Waals surface area contributed by atoms with Gasteiger partial charge in [-0.25, -0.2) is 0 Å². The third-order valence-electron chi connectivity index (χ3n) is 7.36. The number of fused-ring (bicyclic) bond motifs is 1. The van der Waals surface area contributed by atoms with Gasteiger partial charge < -0.3 is 20.2 Å². The van der Waals surface area contributed by atoms with Crippen LogP contribution in [0.1, 0.15) is 43.7 Å². The van der Waals surface area contributed by atoms with Gasteiger partial charge in [0.1, 0.15) is 0 Å². The van der Waals surface area contributed by atoms with Crippen LogP contribution in [0.15, 0.2) is 59.2 Å². The molecule has 0 unspecified atom stereocenters. The summed E-state index contributed by atoms with van der Waals surface area (Å²) in [5.41, 5.74) is 4.11. The highest BCUT2D eigenvalue weighted by Gasteiger charge is 2.39. The maximum atomic E-state index is 12.9. The molecule has 1 amide bonds. The maximum Gasteiger partial charge on any atom is 0.226 e. The van der Waals surface area contributed by atoms with Crippen molar-refractivity contribution >= 4 is 38.5 Å². The Balaban J connectivity index is 1.33. The van der Waals surface area contributed by atoms with Crippen LogP contribution in [0.5, 0.6) is 0 Å². The van der Waals surface area contributed by atoms with E-state index in [-0.39, 0.29) is 11.3 Å². The van der Waals surface area contributed by atoms with E-state index in [0.29, 0.717) is 6.42 Å². The largest absolute Gasteiger partial charge is 0.361 e. The van der Waals surface area contributed by atoms with Gasteiger partial charge in [0.2, 0.25) is 5.91 Å². The number of aromatic nitrogens is 1. The number of likely N-dealkylation sites (N-methyl/N-ethyl adjacent to an activating group) is 1. The number of carbonyl (C=O) groups is 1. The van der Waals surface area contributed by atoms with E-state index in [4.69, 9.17) is 5.41 Å². The van der Waals surface area contributed by atoms with Crippen molar-refractivity contribution in [3.05, 3.63) is 70.3 Å². The number of piperidine rings is 1. The lowest BCUT2D eigenvalue weighted by molar-refractivity contribution is -0.129. The molecule has 180 valence electrons. The van der Waals surface area contributed by atoms with Crippen molar-refractivity contribution in [2.45, 2.75) is 44.4 Å². The second-order valence-corrected chi connectivity index (χ2v) is 10.4. The monoisotopic (exact) mass is 522 g/mol. The first-order chi connectivity index (χ1) is 16.4. The molecule has 2 N–H and O–H groups in total. The number of carbonyl (C=O) groups excluding carboxylic acids is 1. The van der Waals surface area contributed by atoms with Crippen LogP contribution in [-0.2, 0) is 16.6 Å². The molecule has 0 bridgehead atoms. The van der Waals surface area contributed by atoms with Crippen LogP contribution < -0.4 is 0 Å². The molecule has 34 heavy (non-hydrogen) atoms. The van der Waals surface area contributed by atoms with Gasteiger partial charge in [-0.3, -0.25) is 4.79 Å². The molecule has 1 aliphatic rings. The maximum absolute atomic E-state index is 12.9. The lowest BCUT2D eigenvalue weighted by Gasteiger charge is -2.43. The first-order valence-electron chi connectivity index (χ1n) is 12.3. The van der Waals surface area contributed by atoms with Gasteiger partial charge in [0.25, 0.3) is 0 Å². The lowest BCUT2D eigenvalue weighted by atomic mass is 9.68. The fourth-order valence-electron chi connectivity index (χ4n) is 5.18. The Morgan fingerprint density at radius 1 is 1.18 bits per heavy atom. The molecule has 0 aliphatic carbocycles. The lowest BCUT2D eigenvalue weighted by Crippen LogP contribution is -2.48. The summed E-state index contributed by atoms with van der Waals surface area (Å²) in [5.74, 6) is 0.140. The van der Waals surface area contributed by atoms with Crippen molar-refractivity contribution in [2.24, 2.45) is 0 Å². The smallest absolute Gasteiger partial charge is 0.226 e. The molecule has 6 heteroatoms. The minimum Gasteiger partial charge on any atom is -0.361 e. The number of halogens is 1. The molecule has 4 rings (SSSR count). The Morgan fingerprint density at radius 2 is 1.91 bits per heavy atom. The number of hydrogen-bond acceptors (Lipinski definition) is 3. The molecule has 1 aromatic heterocycles. The Morgan fingerprint density at radius 3 is 2.62 bits per heavy atom. The zero-order valence-electron chi connectivity index (χ0n) is 20.2.